The Bertz CT molecular complexity index is 671. The van der Waals surface area contributed by atoms with Gasteiger partial charge in [-0.1, -0.05) is 30.3 Å². The minimum atomic E-state index is 0. The molecule has 6 nitrogen and oxygen atoms in total. The molecule has 1 fully saturated rings. The van der Waals surface area contributed by atoms with E-state index in [1.54, 1.807) is 12.4 Å². The Morgan fingerprint density at radius 2 is 1.74 bits per heavy atom. The SMILES string of the molecule is CCNC(=NCCCc1ccccc1)N1CCN(c2ncccn2)CC1.I. The molecule has 146 valence electrons. The van der Waals surface area contributed by atoms with Gasteiger partial charge >= 0.3 is 0 Å². The Balaban J connectivity index is 0.00000261. The van der Waals surface area contributed by atoms with Gasteiger partial charge in [-0.25, -0.2) is 9.97 Å². The molecule has 0 atom stereocenters. The first-order valence-electron chi connectivity index (χ1n) is 9.46. The van der Waals surface area contributed by atoms with Crippen molar-refractivity contribution >= 4 is 35.9 Å². The maximum absolute atomic E-state index is 4.83. The predicted molar refractivity (Wildman–Crippen MR) is 122 cm³/mol. The third-order valence-corrected chi connectivity index (χ3v) is 4.48. The number of hydrogen-bond donors (Lipinski definition) is 1. The largest absolute Gasteiger partial charge is 0.357 e. The number of guanidine groups is 1. The van der Waals surface area contributed by atoms with Gasteiger partial charge in [-0.15, -0.1) is 24.0 Å². The van der Waals surface area contributed by atoms with Crippen LogP contribution in [-0.4, -0.2) is 60.1 Å². The van der Waals surface area contributed by atoms with E-state index in [-0.39, 0.29) is 24.0 Å². The summed E-state index contributed by atoms with van der Waals surface area (Å²) in [6.07, 6.45) is 5.74. The van der Waals surface area contributed by atoms with Crippen LogP contribution in [0.1, 0.15) is 18.9 Å². The van der Waals surface area contributed by atoms with Crippen LogP contribution >= 0.6 is 24.0 Å². The van der Waals surface area contributed by atoms with E-state index in [0.29, 0.717) is 0 Å². The van der Waals surface area contributed by atoms with Crippen LogP contribution in [0.15, 0.2) is 53.8 Å². The molecule has 1 saturated heterocycles. The minimum absolute atomic E-state index is 0. The molecule has 0 bridgehead atoms. The summed E-state index contributed by atoms with van der Waals surface area (Å²) < 4.78 is 0. The molecule has 3 rings (SSSR count). The van der Waals surface area contributed by atoms with Gasteiger partial charge in [-0.3, -0.25) is 4.99 Å². The van der Waals surface area contributed by atoms with Gasteiger partial charge in [0.15, 0.2) is 5.96 Å². The molecule has 1 aromatic carbocycles. The lowest BCUT2D eigenvalue weighted by Gasteiger charge is -2.36. The molecular weight excluding hydrogens is 451 g/mol. The van der Waals surface area contributed by atoms with Crippen LogP contribution in [0.2, 0.25) is 0 Å². The summed E-state index contributed by atoms with van der Waals surface area (Å²) in [7, 11) is 0. The van der Waals surface area contributed by atoms with Crippen LogP contribution in [0.3, 0.4) is 0 Å². The van der Waals surface area contributed by atoms with Gasteiger partial charge in [0, 0.05) is 51.7 Å². The van der Waals surface area contributed by atoms with Crippen LogP contribution < -0.4 is 10.2 Å². The fraction of sp³-hybridized carbons (Fsp3) is 0.450. The van der Waals surface area contributed by atoms with Crippen molar-refractivity contribution in [2.45, 2.75) is 19.8 Å². The second kappa shape index (κ2) is 11.7. The number of rotatable bonds is 6. The summed E-state index contributed by atoms with van der Waals surface area (Å²) in [5.74, 6) is 1.84. The molecule has 1 N–H and O–H groups in total. The Morgan fingerprint density at radius 3 is 2.41 bits per heavy atom. The highest BCUT2D eigenvalue weighted by Crippen LogP contribution is 2.10. The summed E-state index contributed by atoms with van der Waals surface area (Å²) >= 11 is 0. The summed E-state index contributed by atoms with van der Waals surface area (Å²) in [4.78, 5) is 18.1. The van der Waals surface area contributed by atoms with Gasteiger partial charge in [0.1, 0.15) is 0 Å². The number of benzene rings is 1. The highest BCUT2D eigenvalue weighted by Gasteiger charge is 2.20. The van der Waals surface area contributed by atoms with E-state index in [2.05, 4.69) is 62.3 Å². The van der Waals surface area contributed by atoms with Crippen LogP contribution in [0.25, 0.3) is 0 Å². The van der Waals surface area contributed by atoms with Gasteiger partial charge in [0.25, 0.3) is 0 Å². The first kappa shape index (κ1) is 21.4. The first-order chi connectivity index (χ1) is 12.9. The van der Waals surface area contributed by atoms with Crippen molar-refractivity contribution in [2.24, 2.45) is 4.99 Å². The average Bonchev–Trinajstić information content (AvgIpc) is 2.72. The molecule has 0 saturated carbocycles. The van der Waals surface area contributed by atoms with E-state index >= 15 is 0 Å². The monoisotopic (exact) mass is 480 g/mol. The lowest BCUT2D eigenvalue weighted by molar-refractivity contribution is 0.370. The predicted octanol–water partition coefficient (Wildman–Crippen LogP) is 2.81. The van der Waals surface area contributed by atoms with Gasteiger partial charge in [0.05, 0.1) is 0 Å². The molecule has 1 aromatic heterocycles. The zero-order valence-electron chi connectivity index (χ0n) is 15.9. The molecule has 0 amide bonds. The highest BCUT2D eigenvalue weighted by atomic mass is 127. The number of anilines is 1. The fourth-order valence-corrected chi connectivity index (χ4v) is 3.11. The number of aromatic nitrogens is 2. The maximum atomic E-state index is 4.83. The highest BCUT2D eigenvalue weighted by molar-refractivity contribution is 14.0. The molecule has 2 heterocycles. The molecule has 0 aliphatic carbocycles. The number of hydrogen-bond acceptors (Lipinski definition) is 4. The van der Waals surface area contributed by atoms with Crippen LogP contribution in [0.5, 0.6) is 0 Å². The van der Waals surface area contributed by atoms with Crippen molar-refractivity contribution in [3.63, 3.8) is 0 Å². The van der Waals surface area contributed by atoms with Crippen LogP contribution in [0.4, 0.5) is 5.95 Å². The van der Waals surface area contributed by atoms with Crippen LogP contribution in [0, 0.1) is 0 Å². The van der Waals surface area contributed by atoms with E-state index in [1.807, 2.05) is 6.07 Å². The molecule has 1 aliphatic heterocycles. The Hall–Kier alpha value is -1.90. The lowest BCUT2D eigenvalue weighted by Crippen LogP contribution is -2.53. The van der Waals surface area contributed by atoms with Crippen molar-refractivity contribution in [1.29, 1.82) is 0 Å². The fourth-order valence-electron chi connectivity index (χ4n) is 3.11. The molecule has 2 aromatic rings. The summed E-state index contributed by atoms with van der Waals surface area (Å²) in [6, 6.07) is 12.5. The summed E-state index contributed by atoms with van der Waals surface area (Å²) in [5, 5.41) is 3.43. The van der Waals surface area contributed by atoms with Gasteiger partial charge in [-0.2, -0.15) is 0 Å². The van der Waals surface area contributed by atoms with Gasteiger partial charge in [0.2, 0.25) is 5.95 Å². The third-order valence-electron chi connectivity index (χ3n) is 4.48. The number of piperazine rings is 1. The van der Waals surface area contributed by atoms with E-state index in [0.717, 1.165) is 64.0 Å². The molecule has 27 heavy (non-hydrogen) atoms. The van der Waals surface area contributed by atoms with Crippen LogP contribution in [-0.2, 0) is 6.42 Å². The van der Waals surface area contributed by atoms with E-state index in [4.69, 9.17) is 4.99 Å². The van der Waals surface area contributed by atoms with E-state index in [1.165, 1.54) is 5.56 Å². The number of nitrogens with one attached hydrogen (secondary N) is 1. The average molecular weight is 480 g/mol. The zero-order valence-corrected chi connectivity index (χ0v) is 18.3. The minimum Gasteiger partial charge on any atom is -0.357 e. The van der Waals surface area contributed by atoms with Crippen molar-refractivity contribution < 1.29 is 0 Å². The van der Waals surface area contributed by atoms with Gasteiger partial charge < -0.3 is 15.1 Å². The van der Waals surface area contributed by atoms with E-state index < -0.39 is 0 Å². The van der Waals surface area contributed by atoms with Crippen molar-refractivity contribution in [2.75, 3.05) is 44.2 Å². The topological polar surface area (TPSA) is 56.7 Å². The number of nitrogens with zero attached hydrogens (tertiary/aromatic N) is 5. The lowest BCUT2D eigenvalue weighted by atomic mass is 10.1. The Morgan fingerprint density at radius 1 is 1.04 bits per heavy atom. The third kappa shape index (κ3) is 6.64. The number of aliphatic imine (C=N–C) groups is 1. The molecular formula is C20H29IN6. The second-order valence-electron chi connectivity index (χ2n) is 6.35. The molecule has 7 heteroatoms. The number of halogens is 1. The zero-order chi connectivity index (χ0) is 18.0. The standard InChI is InChI=1S/C20H28N6.HI/c1-2-21-19(22-11-6-10-18-8-4-3-5-9-18)25-14-16-26(17-15-25)20-23-12-7-13-24-20;/h3-5,7-9,12-13H,2,6,10-11,14-17H2,1H3,(H,21,22);1H. The number of aryl methyl sites for hydroxylation is 1. The smallest absolute Gasteiger partial charge is 0.225 e. The maximum Gasteiger partial charge on any atom is 0.225 e. The van der Waals surface area contributed by atoms with Crippen molar-refractivity contribution in [1.82, 2.24) is 20.2 Å². The van der Waals surface area contributed by atoms with Crippen molar-refractivity contribution in [3.8, 4) is 0 Å². The molecule has 1 aliphatic rings. The Kier molecular flexibility index (Phi) is 9.30. The quantitative estimate of drug-likeness (QED) is 0.298. The first-order valence-corrected chi connectivity index (χ1v) is 9.46. The van der Waals surface area contributed by atoms with Gasteiger partial charge in [-0.05, 0) is 31.4 Å². The molecule has 0 radical (unpaired) electrons. The molecule has 0 unspecified atom stereocenters. The normalized spacial score (nSPS) is 14.6. The van der Waals surface area contributed by atoms with Crippen molar-refractivity contribution in [3.05, 3.63) is 54.4 Å². The summed E-state index contributed by atoms with van der Waals surface area (Å²) in [5.41, 5.74) is 1.38. The second-order valence-corrected chi connectivity index (χ2v) is 6.35. The Labute approximate surface area is 179 Å². The van der Waals surface area contributed by atoms with E-state index in [9.17, 15) is 0 Å². The summed E-state index contributed by atoms with van der Waals surface area (Å²) in [6.45, 7) is 7.55. The molecule has 0 spiro atoms.